The van der Waals surface area contributed by atoms with Gasteiger partial charge in [0.25, 0.3) is 0 Å². The van der Waals surface area contributed by atoms with E-state index in [0.29, 0.717) is 10.5 Å². The van der Waals surface area contributed by atoms with Crippen molar-refractivity contribution in [1.29, 1.82) is 0 Å². The van der Waals surface area contributed by atoms with Crippen molar-refractivity contribution in [2.75, 3.05) is 5.73 Å². The highest BCUT2D eigenvalue weighted by atomic mass is 32.2. The summed E-state index contributed by atoms with van der Waals surface area (Å²) in [6.45, 7) is 0. The maximum Gasteiger partial charge on any atom is 0.142 e. The van der Waals surface area contributed by atoms with E-state index in [2.05, 4.69) is 10.1 Å². The summed E-state index contributed by atoms with van der Waals surface area (Å²) in [6.07, 6.45) is 4.78. The maximum atomic E-state index is 13.7. The van der Waals surface area contributed by atoms with Crippen LogP contribution in [-0.2, 0) is 0 Å². The number of rotatable bonds is 2. The Labute approximate surface area is 111 Å². The monoisotopic (exact) mass is 278 g/mol. The highest BCUT2D eigenvalue weighted by molar-refractivity contribution is 7.99. The number of anilines is 1. The van der Waals surface area contributed by atoms with Crippen molar-refractivity contribution >= 4 is 23.0 Å². The largest absolute Gasteiger partial charge is 0.399 e. The molecular weight excluding hydrogens is 270 g/mol. The SMILES string of the molecule is Nc1cc(F)c(Sc2nccn3nccc23)c(F)c1. The minimum atomic E-state index is -0.703. The Balaban J connectivity index is 2.09. The molecule has 3 aromatic rings. The van der Waals surface area contributed by atoms with Crippen LogP contribution in [0.5, 0.6) is 0 Å². The van der Waals surface area contributed by atoms with E-state index in [9.17, 15) is 8.78 Å². The van der Waals surface area contributed by atoms with E-state index < -0.39 is 11.6 Å². The zero-order valence-corrected chi connectivity index (χ0v) is 10.4. The molecule has 3 rings (SSSR count). The number of halogens is 2. The molecule has 2 heterocycles. The fourth-order valence-electron chi connectivity index (χ4n) is 1.69. The van der Waals surface area contributed by atoms with Crippen molar-refractivity contribution in [3.63, 3.8) is 0 Å². The lowest BCUT2D eigenvalue weighted by atomic mass is 10.3. The number of nitrogens with zero attached hydrogens (tertiary/aromatic N) is 3. The number of hydrogen-bond acceptors (Lipinski definition) is 4. The fourth-order valence-corrected chi connectivity index (χ4v) is 2.57. The average molecular weight is 278 g/mol. The second-order valence-electron chi connectivity index (χ2n) is 3.81. The molecule has 19 heavy (non-hydrogen) atoms. The van der Waals surface area contributed by atoms with Crippen LogP contribution in [-0.4, -0.2) is 14.6 Å². The number of nitrogens with two attached hydrogens (primary N) is 1. The maximum absolute atomic E-state index is 13.7. The molecule has 7 heteroatoms. The van der Waals surface area contributed by atoms with Crippen LogP contribution in [0.15, 0.2) is 46.7 Å². The molecule has 0 aliphatic heterocycles. The van der Waals surface area contributed by atoms with Gasteiger partial charge in [0.1, 0.15) is 16.7 Å². The van der Waals surface area contributed by atoms with Gasteiger partial charge in [0.15, 0.2) is 0 Å². The Kier molecular flexibility index (Phi) is 2.83. The normalized spacial score (nSPS) is 11.1. The molecule has 1 aromatic carbocycles. The van der Waals surface area contributed by atoms with Gasteiger partial charge in [-0.1, -0.05) is 11.8 Å². The number of fused-ring (bicyclic) bond motifs is 1. The number of aromatic nitrogens is 3. The molecule has 0 amide bonds. The van der Waals surface area contributed by atoms with Gasteiger partial charge in [-0.3, -0.25) is 0 Å². The number of hydrogen-bond donors (Lipinski definition) is 1. The van der Waals surface area contributed by atoms with Crippen molar-refractivity contribution in [3.05, 3.63) is 48.4 Å². The van der Waals surface area contributed by atoms with Crippen molar-refractivity contribution in [2.24, 2.45) is 0 Å². The van der Waals surface area contributed by atoms with Crippen LogP contribution in [0.3, 0.4) is 0 Å². The summed E-state index contributed by atoms with van der Waals surface area (Å²) in [5, 5.41) is 4.51. The molecule has 4 nitrogen and oxygen atoms in total. The second-order valence-corrected chi connectivity index (χ2v) is 4.81. The van der Waals surface area contributed by atoms with E-state index in [1.165, 1.54) is 6.20 Å². The summed E-state index contributed by atoms with van der Waals surface area (Å²) in [5.74, 6) is -1.41. The first kappa shape index (κ1) is 11.9. The van der Waals surface area contributed by atoms with Gasteiger partial charge < -0.3 is 5.73 Å². The molecule has 0 atom stereocenters. The van der Waals surface area contributed by atoms with E-state index in [-0.39, 0.29) is 10.6 Å². The highest BCUT2D eigenvalue weighted by Crippen LogP contribution is 2.33. The lowest BCUT2D eigenvalue weighted by Crippen LogP contribution is -1.95. The highest BCUT2D eigenvalue weighted by Gasteiger charge is 2.14. The van der Waals surface area contributed by atoms with E-state index >= 15 is 0 Å². The first-order valence-corrected chi connectivity index (χ1v) is 6.17. The molecule has 96 valence electrons. The summed E-state index contributed by atoms with van der Waals surface area (Å²) in [6, 6.07) is 3.90. The summed E-state index contributed by atoms with van der Waals surface area (Å²) < 4.78 is 29.0. The van der Waals surface area contributed by atoms with Gasteiger partial charge in [-0.05, 0) is 18.2 Å². The second kappa shape index (κ2) is 4.51. The van der Waals surface area contributed by atoms with E-state index in [1.807, 2.05) is 0 Å². The van der Waals surface area contributed by atoms with Crippen molar-refractivity contribution in [1.82, 2.24) is 14.6 Å². The Bertz CT molecular complexity index is 733. The Hall–Kier alpha value is -2.15. The minimum absolute atomic E-state index is 0.0508. The van der Waals surface area contributed by atoms with Crippen LogP contribution < -0.4 is 5.73 Å². The quantitative estimate of drug-likeness (QED) is 0.732. The smallest absolute Gasteiger partial charge is 0.142 e. The Morgan fingerprint density at radius 2 is 1.89 bits per heavy atom. The molecule has 0 unspecified atom stereocenters. The van der Waals surface area contributed by atoms with Gasteiger partial charge >= 0.3 is 0 Å². The van der Waals surface area contributed by atoms with Gasteiger partial charge in [0.2, 0.25) is 0 Å². The first-order chi connectivity index (χ1) is 9.15. The van der Waals surface area contributed by atoms with Crippen molar-refractivity contribution in [3.8, 4) is 0 Å². The van der Waals surface area contributed by atoms with Gasteiger partial charge in [0.05, 0.1) is 16.6 Å². The molecule has 2 N–H and O–H groups in total. The Morgan fingerprint density at radius 1 is 1.16 bits per heavy atom. The zero-order chi connectivity index (χ0) is 13.4. The van der Waals surface area contributed by atoms with Crippen molar-refractivity contribution in [2.45, 2.75) is 9.92 Å². The van der Waals surface area contributed by atoms with Crippen LogP contribution in [0, 0.1) is 11.6 Å². The molecule has 0 radical (unpaired) electrons. The van der Waals surface area contributed by atoms with E-state index in [4.69, 9.17) is 5.73 Å². The summed E-state index contributed by atoms with van der Waals surface area (Å²) in [5.41, 5.74) is 6.11. The third kappa shape index (κ3) is 2.12. The zero-order valence-electron chi connectivity index (χ0n) is 9.55. The van der Waals surface area contributed by atoms with E-state index in [0.717, 1.165) is 23.9 Å². The van der Waals surface area contributed by atoms with Gasteiger partial charge in [0, 0.05) is 18.1 Å². The molecule has 0 fully saturated rings. The standard InChI is InChI=1S/C12H8F2N4S/c13-8-5-7(15)6-9(14)11(8)19-12-10-1-2-17-18(10)4-3-16-12/h1-6H,15H2. The molecule has 0 aliphatic carbocycles. The third-order valence-corrected chi connectivity index (χ3v) is 3.61. The topological polar surface area (TPSA) is 56.2 Å². The summed E-state index contributed by atoms with van der Waals surface area (Å²) >= 11 is 0.906. The molecule has 0 bridgehead atoms. The van der Waals surface area contributed by atoms with E-state index in [1.54, 1.807) is 23.0 Å². The van der Waals surface area contributed by atoms with Crippen LogP contribution in [0.25, 0.3) is 5.52 Å². The predicted octanol–water partition coefficient (Wildman–Crippen LogP) is 2.74. The fraction of sp³-hybridized carbons (Fsp3) is 0. The number of nitrogen functional groups attached to an aromatic ring is 1. The molecular formula is C12H8F2N4S. The molecule has 0 saturated carbocycles. The van der Waals surface area contributed by atoms with Crippen molar-refractivity contribution < 1.29 is 8.78 Å². The number of benzene rings is 1. The molecule has 2 aromatic heterocycles. The average Bonchev–Trinajstić information content (AvgIpc) is 2.82. The molecule has 0 aliphatic rings. The lowest BCUT2D eigenvalue weighted by Gasteiger charge is -2.06. The first-order valence-electron chi connectivity index (χ1n) is 5.36. The van der Waals surface area contributed by atoms with Crippen LogP contribution in [0.4, 0.5) is 14.5 Å². The minimum Gasteiger partial charge on any atom is -0.399 e. The van der Waals surface area contributed by atoms with Crippen LogP contribution >= 0.6 is 11.8 Å². The molecule has 0 saturated heterocycles. The third-order valence-electron chi connectivity index (χ3n) is 2.51. The van der Waals surface area contributed by atoms with Gasteiger partial charge in [-0.25, -0.2) is 18.3 Å². The lowest BCUT2D eigenvalue weighted by molar-refractivity contribution is 0.541. The van der Waals surface area contributed by atoms with Gasteiger partial charge in [-0.15, -0.1) is 0 Å². The van der Waals surface area contributed by atoms with Crippen LogP contribution in [0.2, 0.25) is 0 Å². The summed E-state index contributed by atoms with van der Waals surface area (Å²) in [7, 11) is 0. The predicted molar refractivity (Wildman–Crippen MR) is 67.9 cm³/mol. The van der Waals surface area contributed by atoms with Crippen LogP contribution in [0.1, 0.15) is 0 Å². The summed E-state index contributed by atoms with van der Waals surface area (Å²) in [4.78, 5) is 3.99. The Morgan fingerprint density at radius 3 is 2.63 bits per heavy atom. The van der Waals surface area contributed by atoms with Gasteiger partial charge in [-0.2, -0.15) is 5.10 Å². The molecule has 0 spiro atoms.